The van der Waals surface area contributed by atoms with E-state index in [0.717, 1.165) is 42.3 Å². The highest BCUT2D eigenvalue weighted by Gasteiger charge is 2.12. The lowest BCUT2D eigenvalue weighted by molar-refractivity contribution is 0.326. The zero-order chi connectivity index (χ0) is 17.5. The molecule has 3 heterocycles. The summed E-state index contributed by atoms with van der Waals surface area (Å²) in [6, 6.07) is 3.93. The number of rotatable bonds is 8. The molecule has 1 saturated heterocycles. The van der Waals surface area contributed by atoms with Crippen molar-refractivity contribution in [3.8, 4) is 0 Å². The molecule has 0 radical (unpaired) electrons. The van der Waals surface area contributed by atoms with E-state index >= 15 is 0 Å². The van der Waals surface area contributed by atoms with Crippen molar-refractivity contribution in [2.75, 3.05) is 30.7 Å². The molecule has 6 heteroatoms. The topological polar surface area (TPSA) is 80.0 Å². The van der Waals surface area contributed by atoms with Gasteiger partial charge in [0.1, 0.15) is 5.82 Å². The van der Waals surface area contributed by atoms with E-state index in [0.29, 0.717) is 12.2 Å². The van der Waals surface area contributed by atoms with Gasteiger partial charge in [0, 0.05) is 37.5 Å². The maximum atomic E-state index is 5.94. The van der Waals surface area contributed by atoms with Gasteiger partial charge in [0.15, 0.2) is 0 Å². The Morgan fingerprint density at radius 2 is 1.84 bits per heavy atom. The molecule has 0 unspecified atom stereocenters. The van der Waals surface area contributed by atoms with E-state index in [4.69, 9.17) is 5.73 Å². The standard InChI is InChI=1S/C19H28N6/c1-2-3-6-21-15-9-16(24-19(20)11-15)10-17-12-23-18(13-22-17)14-25-7-4-5-8-25/h9,11-13H,2-8,10,14H2,1H3,(H3,20,21,24). The Labute approximate surface area is 149 Å². The maximum Gasteiger partial charge on any atom is 0.125 e. The maximum absolute atomic E-state index is 5.94. The number of anilines is 2. The number of aromatic nitrogens is 3. The quantitative estimate of drug-likeness (QED) is 0.719. The Hall–Kier alpha value is -2.21. The first-order valence-electron chi connectivity index (χ1n) is 9.25. The molecule has 6 nitrogen and oxygen atoms in total. The largest absolute Gasteiger partial charge is 0.385 e. The van der Waals surface area contributed by atoms with Crippen LogP contribution in [0.15, 0.2) is 24.5 Å². The van der Waals surface area contributed by atoms with Crippen LogP contribution in [-0.4, -0.2) is 39.5 Å². The molecule has 3 rings (SSSR count). The first-order valence-corrected chi connectivity index (χ1v) is 9.25. The summed E-state index contributed by atoms with van der Waals surface area (Å²) in [5, 5.41) is 3.40. The summed E-state index contributed by atoms with van der Waals surface area (Å²) in [5.41, 5.74) is 9.83. The Morgan fingerprint density at radius 3 is 2.56 bits per heavy atom. The Balaban J connectivity index is 1.61. The van der Waals surface area contributed by atoms with E-state index in [1.54, 1.807) is 0 Å². The summed E-state index contributed by atoms with van der Waals surface area (Å²) in [6.07, 6.45) is 9.29. The van der Waals surface area contributed by atoms with E-state index < -0.39 is 0 Å². The summed E-state index contributed by atoms with van der Waals surface area (Å²) in [4.78, 5) is 16.0. The number of nitrogen functional groups attached to an aromatic ring is 1. The Morgan fingerprint density at radius 1 is 1.08 bits per heavy atom. The molecule has 134 valence electrons. The van der Waals surface area contributed by atoms with Gasteiger partial charge in [-0.25, -0.2) is 4.98 Å². The fourth-order valence-corrected chi connectivity index (χ4v) is 3.12. The number of pyridine rings is 1. The van der Waals surface area contributed by atoms with Crippen molar-refractivity contribution in [1.29, 1.82) is 0 Å². The lowest BCUT2D eigenvalue weighted by Crippen LogP contribution is -2.19. The average molecular weight is 340 g/mol. The van der Waals surface area contributed by atoms with Crippen LogP contribution in [0.4, 0.5) is 11.5 Å². The van der Waals surface area contributed by atoms with Gasteiger partial charge in [0.05, 0.1) is 23.3 Å². The van der Waals surface area contributed by atoms with E-state index in [-0.39, 0.29) is 0 Å². The van der Waals surface area contributed by atoms with Crippen molar-refractivity contribution in [3.05, 3.63) is 41.6 Å². The number of nitrogens with one attached hydrogen (secondary N) is 1. The SMILES string of the molecule is CCCCNc1cc(N)nc(Cc2cnc(CN3CCCC3)cn2)c1. The summed E-state index contributed by atoms with van der Waals surface area (Å²) in [7, 11) is 0. The number of nitrogens with zero attached hydrogens (tertiary/aromatic N) is 4. The van der Waals surface area contributed by atoms with Gasteiger partial charge in [-0.05, 0) is 38.4 Å². The van der Waals surface area contributed by atoms with Crippen LogP contribution in [-0.2, 0) is 13.0 Å². The normalized spacial score (nSPS) is 14.8. The van der Waals surface area contributed by atoms with Gasteiger partial charge in [0.2, 0.25) is 0 Å². The highest BCUT2D eigenvalue weighted by atomic mass is 15.1. The minimum Gasteiger partial charge on any atom is -0.385 e. The van der Waals surface area contributed by atoms with Crippen LogP contribution in [0.2, 0.25) is 0 Å². The molecular formula is C19H28N6. The first kappa shape index (κ1) is 17.6. The van der Waals surface area contributed by atoms with Gasteiger partial charge in [-0.3, -0.25) is 14.9 Å². The van der Waals surface area contributed by atoms with Gasteiger partial charge in [-0.2, -0.15) is 0 Å². The van der Waals surface area contributed by atoms with Crippen LogP contribution in [0.3, 0.4) is 0 Å². The van der Waals surface area contributed by atoms with Gasteiger partial charge >= 0.3 is 0 Å². The second-order valence-electron chi connectivity index (χ2n) is 6.71. The molecule has 3 N–H and O–H groups in total. The monoisotopic (exact) mass is 340 g/mol. The van der Waals surface area contributed by atoms with E-state index in [1.165, 1.54) is 32.4 Å². The van der Waals surface area contributed by atoms with E-state index in [1.807, 2.05) is 24.5 Å². The predicted molar refractivity (Wildman–Crippen MR) is 101 cm³/mol. The second-order valence-corrected chi connectivity index (χ2v) is 6.71. The predicted octanol–water partition coefficient (Wildman–Crippen LogP) is 2.85. The molecular weight excluding hydrogens is 312 g/mol. The van der Waals surface area contributed by atoms with Crippen molar-refractivity contribution in [1.82, 2.24) is 19.9 Å². The minimum atomic E-state index is 0.537. The Bertz CT molecular complexity index is 664. The highest BCUT2D eigenvalue weighted by Crippen LogP contribution is 2.16. The van der Waals surface area contributed by atoms with Crippen molar-refractivity contribution < 1.29 is 0 Å². The molecule has 0 bridgehead atoms. The minimum absolute atomic E-state index is 0.537. The van der Waals surface area contributed by atoms with Crippen LogP contribution >= 0.6 is 0 Å². The highest BCUT2D eigenvalue weighted by molar-refractivity contribution is 5.52. The van der Waals surface area contributed by atoms with Crippen LogP contribution in [0.25, 0.3) is 0 Å². The second kappa shape index (κ2) is 8.76. The molecule has 2 aromatic rings. The third kappa shape index (κ3) is 5.39. The van der Waals surface area contributed by atoms with Crippen LogP contribution in [0.1, 0.15) is 49.7 Å². The third-order valence-electron chi connectivity index (χ3n) is 4.46. The van der Waals surface area contributed by atoms with E-state index in [2.05, 4.69) is 32.1 Å². The number of hydrogen-bond donors (Lipinski definition) is 2. The molecule has 1 aliphatic heterocycles. The summed E-state index contributed by atoms with van der Waals surface area (Å²) in [6.45, 7) is 6.37. The lowest BCUT2D eigenvalue weighted by Gasteiger charge is -2.13. The molecule has 0 spiro atoms. The molecule has 0 aliphatic carbocycles. The number of hydrogen-bond acceptors (Lipinski definition) is 6. The van der Waals surface area contributed by atoms with Gasteiger partial charge < -0.3 is 11.1 Å². The van der Waals surface area contributed by atoms with Gasteiger partial charge in [0.25, 0.3) is 0 Å². The summed E-state index contributed by atoms with van der Waals surface area (Å²) >= 11 is 0. The smallest absolute Gasteiger partial charge is 0.125 e. The fraction of sp³-hybridized carbons (Fsp3) is 0.526. The molecule has 0 saturated carbocycles. The molecule has 0 atom stereocenters. The summed E-state index contributed by atoms with van der Waals surface area (Å²) < 4.78 is 0. The van der Waals surface area contributed by atoms with Crippen LogP contribution < -0.4 is 11.1 Å². The fourth-order valence-electron chi connectivity index (χ4n) is 3.12. The van der Waals surface area contributed by atoms with Gasteiger partial charge in [-0.1, -0.05) is 13.3 Å². The molecule has 0 amide bonds. The first-order chi connectivity index (χ1) is 12.2. The number of unbranched alkanes of at least 4 members (excludes halogenated alkanes) is 1. The van der Waals surface area contributed by atoms with E-state index in [9.17, 15) is 0 Å². The average Bonchev–Trinajstić information content (AvgIpc) is 3.09. The Kier molecular flexibility index (Phi) is 6.17. The van der Waals surface area contributed by atoms with Gasteiger partial charge in [-0.15, -0.1) is 0 Å². The zero-order valence-corrected chi connectivity index (χ0v) is 15.0. The van der Waals surface area contributed by atoms with Crippen molar-refractivity contribution in [2.45, 2.75) is 45.6 Å². The molecule has 2 aromatic heterocycles. The van der Waals surface area contributed by atoms with Crippen LogP contribution in [0, 0.1) is 0 Å². The molecule has 0 aromatic carbocycles. The molecule has 25 heavy (non-hydrogen) atoms. The summed E-state index contributed by atoms with van der Waals surface area (Å²) in [5.74, 6) is 0.537. The van der Waals surface area contributed by atoms with Crippen LogP contribution in [0.5, 0.6) is 0 Å². The number of likely N-dealkylation sites (tertiary alicyclic amines) is 1. The van der Waals surface area contributed by atoms with Crippen molar-refractivity contribution in [2.24, 2.45) is 0 Å². The van der Waals surface area contributed by atoms with Crippen molar-refractivity contribution >= 4 is 11.5 Å². The zero-order valence-electron chi connectivity index (χ0n) is 15.0. The van der Waals surface area contributed by atoms with Crippen molar-refractivity contribution in [3.63, 3.8) is 0 Å². The molecule has 1 aliphatic rings. The lowest BCUT2D eigenvalue weighted by atomic mass is 10.2. The number of nitrogens with two attached hydrogens (primary N) is 1. The molecule has 1 fully saturated rings. The third-order valence-corrected chi connectivity index (χ3v) is 4.46.